The predicted molar refractivity (Wildman–Crippen MR) is 134 cm³/mol. The zero-order valence-electron chi connectivity index (χ0n) is 19.2. The van der Waals surface area contributed by atoms with Crippen molar-refractivity contribution in [3.8, 4) is 22.8 Å². The van der Waals surface area contributed by atoms with Gasteiger partial charge in [-0.05, 0) is 67.4 Å². The van der Waals surface area contributed by atoms with E-state index in [0.717, 1.165) is 39.1 Å². The molecular weight excluding hydrogens is 424 g/mol. The number of carbonyl (C=O) groups is 1. The van der Waals surface area contributed by atoms with Crippen LogP contribution in [0.5, 0.6) is 11.5 Å². The van der Waals surface area contributed by atoms with E-state index in [9.17, 15) is 4.79 Å². The molecule has 168 valence electrons. The van der Waals surface area contributed by atoms with Crippen LogP contribution in [0.15, 0.2) is 85.3 Å². The lowest BCUT2D eigenvalue weighted by molar-refractivity contribution is 0.102. The average molecular weight is 449 g/mol. The summed E-state index contributed by atoms with van der Waals surface area (Å²) in [4.78, 5) is 22.0. The number of anilines is 1. The maximum absolute atomic E-state index is 13.0. The first-order chi connectivity index (χ1) is 16.5. The Balaban J connectivity index is 1.50. The van der Waals surface area contributed by atoms with Crippen LogP contribution in [0.4, 0.5) is 5.69 Å². The molecule has 0 saturated heterocycles. The van der Waals surface area contributed by atoms with E-state index in [4.69, 9.17) is 9.72 Å². The Labute approximate surface area is 197 Å². The first-order valence-corrected chi connectivity index (χ1v) is 11.0. The van der Waals surface area contributed by atoms with Gasteiger partial charge < -0.3 is 14.6 Å². The summed E-state index contributed by atoms with van der Waals surface area (Å²) in [6, 6.07) is 21.0. The first kappa shape index (κ1) is 21.4. The highest BCUT2D eigenvalue weighted by molar-refractivity contribution is 6.05. The number of pyridine rings is 2. The number of aromatic nitrogens is 3. The van der Waals surface area contributed by atoms with Crippen molar-refractivity contribution in [2.24, 2.45) is 7.05 Å². The molecule has 0 aliphatic heterocycles. The van der Waals surface area contributed by atoms with Crippen LogP contribution in [0.3, 0.4) is 0 Å². The van der Waals surface area contributed by atoms with Crippen molar-refractivity contribution in [3.63, 3.8) is 0 Å². The van der Waals surface area contributed by atoms with Crippen LogP contribution in [0.25, 0.3) is 22.3 Å². The number of nitrogens with zero attached hydrogens (tertiary/aromatic N) is 3. The Bertz CT molecular complexity index is 1510. The summed E-state index contributed by atoms with van der Waals surface area (Å²) < 4.78 is 8.28. The van der Waals surface area contributed by atoms with Crippen LogP contribution in [0.1, 0.15) is 21.5 Å². The smallest absolute Gasteiger partial charge is 0.256 e. The number of nitrogens with one attached hydrogen (secondary N) is 1. The third kappa shape index (κ3) is 4.26. The Morgan fingerprint density at radius 2 is 1.88 bits per heavy atom. The number of ether oxygens (including phenoxy) is 1. The van der Waals surface area contributed by atoms with Crippen LogP contribution in [0, 0.1) is 13.8 Å². The van der Waals surface area contributed by atoms with E-state index >= 15 is 0 Å². The first-order valence-electron chi connectivity index (χ1n) is 11.0. The summed E-state index contributed by atoms with van der Waals surface area (Å²) in [6.45, 7) is 3.91. The van der Waals surface area contributed by atoms with Crippen LogP contribution >= 0.6 is 0 Å². The minimum Gasteiger partial charge on any atom is -0.456 e. The van der Waals surface area contributed by atoms with Gasteiger partial charge in [-0.3, -0.25) is 9.78 Å². The van der Waals surface area contributed by atoms with Gasteiger partial charge in [-0.1, -0.05) is 18.2 Å². The standard InChI is InChI=1S/C28H24N4O2/c1-18-6-4-8-21(14-18)30-28(33)24-15-22(10-9-19(24)2)34-26-16-25(20-7-5-12-29-17-20)31-27-23(26)11-13-32(27)3/h4-17H,1-3H3,(H,30,33). The van der Waals surface area contributed by atoms with Gasteiger partial charge in [0.2, 0.25) is 0 Å². The van der Waals surface area contributed by atoms with Crippen molar-refractivity contribution in [2.75, 3.05) is 5.32 Å². The lowest BCUT2D eigenvalue weighted by Crippen LogP contribution is -2.13. The van der Waals surface area contributed by atoms with Gasteiger partial charge in [-0.15, -0.1) is 0 Å². The van der Waals surface area contributed by atoms with E-state index in [-0.39, 0.29) is 5.91 Å². The molecule has 0 atom stereocenters. The van der Waals surface area contributed by atoms with E-state index in [1.54, 1.807) is 18.5 Å². The Kier molecular flexibility index (Phi) is 5.55. The Morgan fingerprint density at radius 1 is 1.00 bits per heavy atom. The van der Waals surface area contributed by atoms with Gasteiger partial charge in [0.05, 0.1) is 11.1 Å². The third-order valence-corrected chi connectivity index (χ3v) is 5.71. The van der Waals surface area contributed by atoms with Crippen LogP contribution < -0.4 is 10.1 Å². The molecule has 0 aliphatic rings. The Hall–Kier alpha value is -4.45. The number of benzene rings is 2. The molecule has 0 fully saturated rings. The van der Waals surface area contributed by atoms with Crippen LogP contribution in [-0.4, -0.2) is 20.4 Å². The summed E-state index contributed by atoms with van der Waals surface area (Å²) in [5.41, 5.74) is 5.75. The number of fused-ring (bicyclic) bond motifs is 1. The third-order valence-electron chi connectivity index (χ3n) is 5.71. The lowest BCUT2D eigenvalue weighted by atomic mass is 10.1. The Morgan fingerprint density at radius 3 is 2.68 bits per heavy atom. The summed E-state index contributed by atoms with van der Waals surface area (Å²) in [5.74, 6) is 1.07. The van der Waals surface area contributed by atoms with Gasteiger partial charge in [-0.25, -0.2) is 4.98 Å². The fourth-order valence-electron chi connectivity index (χ4n) is 3.91. The van der Waals surface area contributed by atoms with E-state index in [0.29, 0.717) is 17.1 Å². The number of hydrogen-bond donors (Lipinski definition) is 1. The maximum Gasteiger partial charge on any atom is 0.256 e. The van der Waals surface area contributed by atoms with Crippen molar-refractivity contribution < 1.29 is 9.53 Å². The molecule has 34 heavy (non-hydrogen) atoms. The summed E-state index contributed by atoms with van der Waals surface area (Å²) in [6.07, 6.45) is 5.46. The minimum absolute atomic E-state index is 0.177. The highest BCUT2D eigenvalue weighted by atomic mass is 16.5. The topological polar surface area (TPSA) is 69.0 Å². The van der Waals surface area contributed by atoms with Gasteiger partial charge >= 0.3 is 0 Å². The van der Waals surface area contributed by atoms with E-state index in [1.165, 1.54) is 0 Å². The van der Waals surface area contributed by atoms with E-state index < -0.39 is 0 Å². The molecule has 6 nitrogen and oxygen atoms in total. The zero-order valence-corrected chi connectivity index (χ0v) is 19.2. The van der Waals surface area contributed by atoms with Crippen molar-refractivity contribution in [1.29, 1.82) is 0 Å². The molecule has 6 heteroatoms. The largest absolute Gasteiger partial charge is 0.456 e. The van der Waals surface area contributed by atoms with Gasteiger partial charge in [0.1, 0.15) is 17.1 Å². The molecule has 0 saturated carbocycles. The second-order valence-corrected chi connectivity index (χ2v) is 8.31. The molecule has 2 aromatic carbocycles. The van der Waals surface area contributed by atoms with Gasteiger partial charge in [0.15, 0.2) is 0 Å². The van der Waals surface area contributed by atoms with E-state index in [1.807, 2.05) is 92.3 Å². The van der Waals surface area contributed by atoms with Crippen molar-refractivity contribution >= 4 is 22.6 Å². The molecule has 5 aromatic rings. The fraction of sp³-hybridized carbons (Fsp3) is 0.107. The van der Waals surface area contributed by atoms with Gasteiger partial charge in [0, 0.05) is 48.5 Å². The molecule has 5 rings (SSSR count). The highest BCUT2D eigenvalue weighted by Gasteiger charge is 2.15. The second kappa shape index (κ2) is 8.83. The summed E-state index contributed by atoms with van der Waals surface area (Å²) in [7, 11) is 1.95. The summed E-state index contributed by atoms with van der Waals surface area (Å²) >= 11 is 0. The predicted octanol–water partition coefficient (Wildman–Crippen LogP) is 6.30. The molecule has 3 aromatic heterocycles. The number of hydrogen-bond acceptors (Lipinski definition) is 4. The second-order valence-electron chi connectivity index (χ2n) is 8.31. The molecule has 0 bridgehead atoms. The van der Waals surface area contributed by atoms with Crippen molar-refractivity contribution in [2.45, 2.75) is 13.8 Å². The molecule has 0 spiro atoms. The molecule has 1 amide bonds. The fourth-order valence-corrected chi connectivity index (χ4v) is 3.91. The molecule has 0 radical (unpaired) electrons. The molecule has 1 N–H and O–H groups in total. The number of amides is 1. The summed E-state index contributed by atoms with van der Waals surface area (Å²) in [5, 5.41) is 3.87. The highest BCUT2D eigenvalue weighted by Crippen LogP contribution is 2.34. The number of carbonyl (C=O) groups excluding carboxylic acids is 1. The van der Waals surface area contributed by atoms with E-state index in [2.05, 4.69) is 10.3 Å². The van der Waals surface area contributed by atoms with Gasteiger partial charge in [-0.2, -0.15) is 0 Å². The monoisotopic (exact) mass is 448 g/mol. The van der Waals surface area contributed by atoms with Gasteiger partial charge in [0.25, 0.3) is 5.91 Å². The lowest BCUT2D eigenvalue weighted by Gasteiger charge is -2.13. The normalized spacial score (nSPS) is 10.9. The molecule has 3 heterocycles. The minimum atomic E-state index is -0.177. The average Bonchev–Trinajstić information content (AvgIpc) is 3.22. The number of rotatable bonds is 5. The quantitative estimate of drug-likeness (QED) is 0.343. The van der Waals surface area contributed by atoms with Crippen LogP contribution in [0.2, 0.25) is 0 Å². The van der Waals surface area contributed by atoms with Crippen molar-refractivity contribution in [3.05, 3.63) is 102 Å². The maximum atomic E-state index is 13.0. The SMILES string of the molecule is Cc1cccc(NC(=O)c2cc(Oc3cc(-c4cccnc4)nc4c3ccn4C)ccc2C)c1. The van der Waals surface area contributed by atoms with Crippen molar-refractivity contribution in [1.82, 2.24) is 14.5 Å². The van der Waals surface area contributed by atoms with Crippen LogP contribution in [-0.2, 0) is 7.05 Å². The number of aryl methyl sites for hydroxylation is 3. The molecule has 0 unspecified atom stereocenters. The molecule has 0 aliphatic carbocycles. The molecular formula is C28H24N4O2. The zero-order chi connectivity index (χ0) is 23.7.